The van der Waals surface area contributed by atoms with E-state index in [0.29, 0.717) is 17.4 Å². The largest absolute Gasteiger partial charge is 2.00 e. The fourth-order valence-corrected chi connectivity index (χ4v) is 8.22. The van der Waals surface area contributed by atoms with E-state index in [4.69, 9.17) is 19.5 Å². The second-order valence-corrected chi connectivity index (χ2v) is 17.8. The number of aliphatic imine (C=N–C) groups is 1. The zero-order valence-electron chi connectivity index (χ0n) is 33.5. The third kappa shape index (κ3) is 6.29. The van der Waals surface area contributed by atoms with Crippen molar-refractivity contribution in [2.45, 2.75) is 90.7 Å². The minimum Gasteiger partial charge on any atom is -0.510 e. The van der Waals surface area contributed by atoms with Gasteiger partial charge in [0.2, 0.25) is 0 Å². The van der Waals surface area contributed by atoms with E-state index >= 15 is 0 Å². The molecule has 5 nitrogen and oxygen atoms in total. The Kier molecular flexibility index (Phi) is 9.20. The fourth-order valence-electron chi connectivity index (χ4n) is 8.22. The Morgan fingerprint density at radius 1 is 0.732 bits per heavy atom. The predicted molar refractivity (Wildman–Crippen MR) is 223 cm³/mol. The average molecular weight is 917 g/mol. The van der Waals surface area contributed by atoms with Crippen molar-refractivity contribution in [3.63, 3.8) is 0 Å². The van der Waals surface area contributed by atoms with Crippen molar-refractivity contribution < 1.29 is 30.5 Å². The SMILES string of the molecule is Cc1cc2c([c-]c1Oc1[c-]c(C3=N[C@H](c4ccccc4)[C@@H](c4ccccc4)O3)cc(C(C)(C)C)c1)-n1c3ncccc3c3cc(C(C)(C)C)cc(c31)C2(C)C.[Pt+2]. The zero-order valence-corrected chi connectivity index (χ0v) is 35.8. The van der Waals surface area contributed by atoms with E-state index in [1.807, 2.05) is 24.4 Å². The van der Waals surface area contributed by atoms with Gasteiger partial charge in [-0.3, -0.25) is 4.99 Å². The Labute approximate surface area is 345 Å². The molecule has 0 fully saturated rings. The number of benzene rings is 5. The van der Waals surface area contributed by atoms with Crippen LogP contribution in [0, 0.1) is 19.1 Å². The molecule has 0 radical (unpaired) electrons. The van der Waals surface area contributed by atoms with E-state index < -0.39 is 0 Å². The van der Waals surface area contributed by atoms with Crippen LogP contribution in [0.1, 0.15) is 112 Å². The first-order valence-electron chi connectivity index (χ1n) is 19.3. The fraction of sp³-hybridized carbons (Fsp3) is 0.280. The van der Waals surface area contributed by atoms with Crippen LogP contribution in [0.2, 0.25) is 0 Å². The van der Waals surface area contributed by atoms with Gasteiger partial charge in [-0.25, -0.2) is 4.98 Å². The molecule has 0 saturated carbocycles. The topological polar surface area (TPSA) is 48.6 Å². The molecule has 9 rings (SSSR count). The van der Waals surface area contributed by atoms with Crippen molar-refractivity contribution in [1.82, 2.24) is 9.55 Å². The summed E-state index contributed by atoms with van der Waals surface area (Å²) >= 11 is 0. The summed E-state index contributed by atoms with van der Waals surface area (Å²) in [7, 11) is 0. The molecule has 2 aromatic heterocycles. The van der Waals surface area contributed by atoms with Gasteiger partial charge in [-0.15, -0.1) is 28.8 Å². The van der Waals surface area contributed by atoms with E-state index in [2.05, 4.69) is 164 Å². The maximum absolute atomic E-state index is 6.88. The van der Waals surface area contributed by atoms with Gasteiger partial charge in [-0.1, -0.05) is 152 Å². The Balaban J connectivity index is 0.00000441. The molecular weight excluding hydrogens is 870 g/mol. The van der Waals surface area contributed by atoms with Gasteiger partial charge in [0.1, 0.15) is 23.7 Å². The van der Waals surface area contributed by atoms with Gasteiger partial charge in [0.05, 0.1) is 5.52 Å². The summed E-state index contributed by atoms with van der Waals surface area (Å²) in [6.07, 6.45) is 1.62. The Morgan fingerprint density at radius 3 is 2.07 bits per heavy atom. The number of hydrogen-bond donors (Lipinski definition) is 0. The molecule has 2 aliphatic heterocycles. The summed E-state index contributed by atoms with van der Waals surface area (Å²) in [5, 5.41) is 2.36. The van der Waals surface area contributed by atoms with Gasteiger partial charge >= 0.3 is 21.1 Å². The third-order valence-corrected chi connectivity index (χ3v) is 11.5. The van der Waals surface area contributed by atoms with Crippen LogP contribution in [0.25, 0.3) is 27.6 Å². The maximum Gasteiger partial charge on any atom is 2.00 e. The molecule has 7 aromatic rings. The van der Waals surface area contributed by atoms with Gasteiger partial charge in [0, 0.05) is 28.5 Å². The number of rotatable bonds is 5. The molecule has 0 spiro atoms. The smallest absolute Gasteiger partial charge is 0.510 e. The van der Waals surface area contributed by atoms with Gasteiger partial charge in [0.15, 0.2) is 0 Å². The molecule has 6 heteroatoms. The maximum atomic E-state index is 6.88. The van der Waals surface area contributed by atoms with Crippen molar-refractivity contribution in [2.24, 2.45) is 4.99 Å². The molecule has 0 N–H and O–H groups in total. The van der Waals surface area contributed by atoms with E-state index in [1.165, 1.54) is 27.6 Å². The van der Waals surface area contributed by atoms with Crippen molar-refractivity contribution in [3.8, 4) is 17.2 Å². The molecule has 0 saturated heterocycles. The van der Waals surface area contributed by atoms with Gasteiger partial charge in [-0.2, -0.15) is 6.07 Å². The van der Waals surface area contributed by atoms with Gasteiger partial charge < -0.3 is 14.0 Å². The van der Waals surface area contributed by atoms with E-state index in [1.54, 1.807) is 0 Å². The molecule has 56 heavy (non-hydrogen) atoms. The van der Waals surface area contributed by atoms with Gasteiger partial charge in [-0.05, 0) is 56.7 Å². The van der Waals surface area contributed by atoms with Crippen LogP contribution in [-0.4, -0.2) is 15.4 Å². The summed E-state index contributed by atoms with van der Waals surface area (Å²) in [5.41, 5.74) is 11.5. The van der Waals surface area contributed by atoms with Crippen molar-refractivity contribution in [3.05, 3.63) is 166 Å². The third-order valence-electron chi connectivity index (χ3n) is 11.5. The first kappa shape index (κ1) is 37.9. The van der Waals surface area contributed by atoms with Crippen LogP contribution < -0.4 is 4.74 Å². The van der Waals surface area contributed by atoms with Gasteiger partial charge in [0.25, 0.3) is 0 Å². The van der Waals surface area contributed by atoms with Crippen LogP contribution in [0.3, 0.4) is 0 Å². The molecule has 0 bridgehead atoms. The van der Waals surface area contributed by atoms with Crippen molar-refractivity contribution in [2.75, 3.05) is 0 Å². The van der Waals surface area contributed by atoms with E-state index in [-0.39, 0.29) is 49.5 Å². The van der Waals surface area contributed by atoms with Crippen LogP contribution in [0.15, 0.2) is 114 Å². The predicted octanol–water partition coefficient (Wildman–Crippen LogP) is 12.4. The summed E-state index contributed by atoms with van der Waals surface area (Å²) < 4.78 is 15.9. The molecule has 2 aliphatic rings. The average Bonchev–Trinajstić information content (AvgIpc) is 3.75. The quantitative estimate of drug-likeness (QED) is 0.162. The molecule has 0 aliphatic carbocycles. The van der Waals surface area contributed by atoms with E-state index in [0.717, 1.165) is 44.5 Å². The number of hydrogen-bond acceptors (Lipinski definition) is 4. The molecule has 284 valence electrons. The van der Waals surface area contributed by atoms with Crippen molar-refractivity contribution >= 4 is 27.8 Å². The summed E-state index contributed by atoms with van der Waals surface area (Å²) in [5.74, 6) is 1.81. The number of nitrogens with zero attached hydrogens (tertiary/aromatic N) is 3. The Hall–Kier alpha value is -4.99. The van der Waals surface area contributed by atoms with E-state index in [9.17, 15) is 0 Å². The standard InChI is InChI=1S/C50H47N3O2.Pt/c1-30-23-39-41(53-44-38(37-21-16-22-51-46(37)53)27-35(49(5,6)7)28-40(44)50(39,8)9)29-42(30)54-36-25-33(24-34(26-36)48(2,3)4)47-52-43(31-17-12-10-13-18-31)45(55-47)32-19-14-11-15-20-32;/h10-24,26-28,43,45H,1-9H3;/q-2;+2/t43-,45-;/m1./s1. The summed E-state index contributed by atoms with van der Waals surface area (Å²) in [6.45, 7) is 20.3. The van der Waals surface area contributed by atoms with Crippen LogP contribution >= 0.6 is 0 Å². The first-order valence-corrected chi connectivity index (χ1v) is 19.3. The number of aromatic nitrogens is 2. The van der Waals surface area contributed by atoms with Crippen molar-refractivity contribution in [1.29, 1.82) is 0 Å². The van der Waals surface area contributed by atoms with Crippen LogP contribution in [0.4, 0.5) is 0 Å². The number of aryl methyl sites for hydroxylation is 1. The minimum atomic E-state index is -0.285. The molecule has 0 unspecified atom stereocenters. The molecule has 4 heterocycles. The molecule has 2 atom stereocenters. The summed E-state index contributed by atoms with van der Waals surface area (Å²) in [4.78, 5) is 10.2. The number of fused-ring (bicyclic) bond motifs is 5. The van der Waals surface area contributed by atoms with Crippen LogP contribution in [-0.2, 0) is 42.0 Å². The molecular formula is C50H47N3O2Pt. The second-order valence-electron chi connectivity index (χ2n) is 17.8. The summed E-state index contributed by atoms with van der Waals surface area (Å²) in [6, 6.07) is 43.4. The monoisotopic (exact) mass is 916 g/mol. The zero-order chi connectivity index (χ0) is 38.4. The normalized spacial score (nSPS) is 17.3. The molecule has 0 amide bonds. The first-order chi connectivity index (χ1) is 26.2. The molecule has 5 aromatic carbocycles. The van der Waals surface area contributed by atoms with Crippen LogP contribution in [0.5, 0.6) is 11.5 Å². The Bertz CT molecular complexity index is 2660. The number of ether oxygens (including phenoxy) is 2. The second kappa shape index (κ2) is 13.6. The number of pyridine rings is 1. The Morgan fingerprint density at radius 2 is 1.39 bits per heavy atom. The minimum absolute atomic E-state index is 0.